The zero-order chi connectivity index (χ0) is 13.9. The molecule has 1 heterocycles. The number of para-hydroxylation sites is 2. The molecule has 0 aliphatic rings. The predicted octanol–water partition coefficient (Wildman–Crippen LogP) is 1.58. The number of ether oxygens (including phenoxy) is 1. The van der Waals surface area contributed by atoms with E-state index in [1.165, 1.54) is 0 Å². The normalized spacial score (nSPS) is 14.3. The molecule has 1 N–H and O–H groups in total. The number of nitrogens with zero attached hydrogens (tertiary/aromatic N) is 2. The lowest BCUT2D eigenvalue weighted by Crippen LogP contribution is -2.51. The highest BCUT2D eigenvalue weighted by Crippen LogP contribution is 2.16. The second-order valence-corrected chi connectivity index (χ2v) is 4.66. The van der Waals surface area contributed by atoms with Crippen LogP contribution in [0.2, 0.25) is 0 Å². The second-order valence-electron chi connectivity index (χ2n) is 4.66. The number of hydrogen-bond acceptors (Lipinski definition) is 4. The van der Waals surface area contributed by atoms with E-state index in [0.29, 0.717) is 13.2 Å². The van der Waals surface area contributed by atoms with Crippen molar-refractivity contribution in [2.45, 2.75) is 25.9 Å². The van der Waals surface area contributed by atoms with Crippen LogP contribution in [0.3, 0.4) is 0 Å². The van der Waals surface area contributed by atoms with Gasteiger partial charge in [0, 0.05) is 0 Å². The van der Waals surface area contributed by atoms with Gasteiger partial charge in [0.25, 0.3) is 0 Å². The van der Waals surface area contributed by atoms with Crippen molar-refractivity contribution in [1.82, 2.24) is 14.9 Å². The van der Waals surface area contributed by atoms with E-state index in [2.05, 4.69) is 10.3 Å². The number of imidazole rings is 1. The molecule has 0 spiro atoms. The Morgan fingerprint density at radius 1 is 1.47 bits per heavy atom. The van der Waals surface area contributed by atoms with Crippen molar-refractivity contribution in [3.8, 4) is 0 Å². The Labute approximate surface area is 112 Å². The number of fused-ring (bicyclic) bond motifs is 1. The Hall–Kier alpha value is -1.88. The summed E-state index contributed by atoms with van der Waals surface area (Å²) in [5.41, 5.74) is 1.16. The van der Waals surface area contributed by atoms with E-state index in [-0.39, 0.29) is 5.97 Å². The van der Waals surface area contributed by atoms with Gasteiger partial charge in [0.15, 0.2) is 0 Å². The van der Waals surface area contributed by atoms with Crippen molar-refractivity contribution >= 4 is 17.0 Å². The molecule has 0 aliphatic heterocycles. The zero-order valence-electron chi connectivity index (χ0n) is 11.5. The molecule has 1 aromatic carbocycles. The number of carbonyl (C=O) groups is 1. The van der Waals surface area contributed by atoms with Crippen LogP contribution in [0.4, 0.5) is 0 Å². The third kappa shape index (κ3) is 2.61. The molecule has 5 heteroatoms. The standard InChI is InChI=1S/C14H19N3O2/c1-4-19-13(18)14(2,15-3)9-17-10-16-11-7-5-6-8-12(11)17/h5-8,10,15H,4,9H2,1-3H3. The molecule has 1 atom stereocenters. The Morgan fingerprint density at radius 2 is 2.21 bits per heavy atom. The van der Waals surface area contributed by atoms with Gasteiger partial charge in [0.1, 0.15) is 5.54 Å². The number of esters is 1. The first-order chi connectivity index (χ1) is 9.10. The van der Waals surface area contributed by atoms with Gasteiger partial charge in [-0.15, -0.1) is 0 Å². The SMILES string of the molecule is CCOC(=O)C(C)(Cn1cnc2ccccc21)NC. The summed E-state index contributed by atoms with van der Waals surface area (Å²) in [6.45, 7) is 4.49. The van der Waals surface area contributed by atoms with E-state index in [0.717, 1.165) is 11.0 Å². The van der Waals surface area contributed by atoms with Gasteiger partial charge in [0.05, 0.1) is 30.5 Å². The molecule has 0 amide bonds. The van der Waals surface area contributed by atoms with Crippen molar-refractivity contribution in [3.05, 3.63) is 30.6 Å². The van der Waals surface area contributed by atoms with Crippen LogP contribution in [-0.4, -0.2) is 34.7 Å². The lowest BCUT2D eigenvalue weighted by molar-refractivity contribution is -0.150. The molecule has 19 heavy (non-hydrogen) atoms. The third-order valence-corrected chi connectivity index (χ3v) is 3.29. The fourth-order valence-electron chi connectivity index (χ4n) is 2.01. The first kappa shape index (κ1) is 13.5. The monoisotopic (exact) mass is 261 g/mol. The molecular weight excluding hydrogens is 242 g/mol. The van der Waals surface area contributed by atoms with Crippen LogP contribution in [0, 0.1) is 0 Å². The largest absolute Gasteiger partial charge is 0.465 e. The molecule has 1 unspecified atom stereocenters. The summed E-state index contributed by atoms with van der Waals surface area (Å²) in [7, 11) is 1.76. The van der Waals surface area contributed by atoms with Crippen LogP contribution < -0.4 is 5.32 Å². The summed E-state index contributed by atoms with van der Waals surface area (Å²) in [6, 6.07) is 7.85. The molecular formula is C14H19N3O2. The van der Waals surface area contributed by atoms with Crippen molar-refractivity contribution in [3.63, 3.8) is 0 Å². The number of carbonyl (C=O) groups excluding carboxylic acids is 1. The Balaban J connectivity index is 2.29. The predicted molar refractivity (Wildman–Crippen MR) is 73.8 cm³/mol. The maximum atomic E-state index is 12.0. The highest BCUT2D eigenvalue weighted by atomic mass is 16.5. The fraction of sp³-hybridized carbons (Fsp3) is 0.429. The summed E-state index contributed by atoms with van der Waals surface area (Å²) in [6.07, 6.45) is 1.75. The topological polar surface area (TPSA) is 56.2 Å². The van der Waals surface area contributed by atoms with E-state index in [4.69, 9.17) is 4.74 Å². The second kappa shape index (κ2) is 5.40. The molecule has 0 saturated carbocycles. The minimum atomic E-state index is -0.764. The van der Waals surface area contributed by atoms with E-state index >= 15 is 0 Å². The Bertz CT molecular complexity index is 579. The first-order valence-corrected chi connectivity index (χ1v) is 6.36. The van der Waals surface area contributed by atoms with Crippen LogP contribution in [0.1, 0.15) is 13.8 Å². The van der Waals surface area contributed by atoms with E-state index < -0.39 is 5.54 Å². The Kier molecular flexibility index (Phi) is 3.85. The fourth-order valence-corrected chi connectivity index (χ4v) is 2.01. The van der Waals surface area contributed by atoms with Crippen molar-refractivity contribution in [2.24, 2.45) is 0 Å². The Morgan fingerprint density at radius 3 is 2.89 bits per heavy atom. The lowest BCUT2D eigenvalue weighted by atomic mass is 10.0. The molecule has 0 aliphatic carbocycles. The minimum Gasteiger partial charge on any atom is -0.465 e. The number of benzene rings is 1. The van der Waals surface area contributed by atoms with Gasteiger partial charge in [-0.25, -0.2) is 9.78 Å². The zero-order valence-corrected chi connectivity index (χ0v) is 11.5. The van der Waals surface area contributed by atoms with Gasteiger partial charge in [-0.1, -0.05) is 12.1 Å². The number of hydrogen-bond donors (Lipinski definition) is 1. The third-order valence-electron chi connectivity index (χ3n) is 3.29. The molecule has 1 aromatic heterocycles. The van der Waals surface area contributed by atoms with E-state index in [9.17, 15) is 4.79 Å². The van der Waals surface area contributed by atoms with Crippen LogP contribution in [0.15, 0.2) is 30.6 Å². The number of likely N-dealkylation sites (N-methyl/N-ethyl adjacent to an activating group) is 1. The van der Waals surface area contributed by atoms with Crippen molar-refractivity contribution in [2.75, 3.05) is 13.7 Å². The van der Waals surface area contributed by atoms with Gasteiger partial charge in [0.2, 0.25) is 0 Å². The van der Waals surface area contributed by atoms with Gasteiger partial charge < -0.3 is 14.6 Å². The number of nitrogens with one attached hydrogen (secondary N) is 1. The number of aromatic nitrogens is 2. The minimum absolute atomic E-state index is 0.254. The average molecular weight is 261 g/mol. The highest BCUT2D eigenvalue weighted by molar-refractivity contribution is 5.81. The van der Waals surface area contributed by atoms with E-state index in [1.807, 2.05) is 35.8 Å². The van der Waals surface area contributed by atoms with Crippen LogP contribution in [-0.2, 0) is 16.1 Å². The summed E-state index contributed by atoms with van der Waals surface area (Å²) < 4.78 is 7.08. The van der Waals surface area contributed by atoms with Crippen LogP contribution in [0.25, 0.3) is 11.0 Å². The van der Waals surface area contributed by atoms with Gasteiger partial charge in [-0.3, -0.25) is 0 Å². The molecule has 0 radical (unpaired) electrons. The maximum Gasteiger partial charge on any atom is 0.327 e. The summed E-state index contributed by atoms with van der Waals surface area (Å²) >= 11 is 0. The van der Waals surface area contributed by atoms with E-state index in [1.54, 1.807) is 20.3 Å². The molecule has 0 bridgehead atoms. The molecule has 2 rings (SSSR count). The van der Waals surface area contributed by atoms with Gasteiger partial charge in [-0.2, -0.15) is 0 Å². The molecule has 102 valence electrons. The van der Waals surface area contributed by atoms with Gasteiger partial charge >= 0.3 is 5.97 Å². The van der Waals surface area contributed by atoms with Crippen LogP contribution in [0.5, 0.6) is 0 Å². The smallest absolute Gasteiger partial charge is 0.327 e. The van der Waals surface area contributed by atoms with Gasteiger partial charge in [-0.05, 0) is 33.0 Å². The lowest BCUT2D eigenvalue weighted by Gasteiger charge is -2.27. The molecule has 0 saturated heterocycles. The maximum absolute atomic E-state index is 12.0. The first-order valence-electron chi connectivity index (χ1n) is 6.36. The molecule has 2 aromatic rings. The van der Waals surface area contributed by atoms with Crippen molar-refractivity contribution in [1.29, 1.82) is 0 Å². The van der Waals surface area contributed by atoms with Crippen LogP contribution >= 0.6 is 0 Å². The highest BCUT2D eigenvalue weighted by Gasteiger charge is 2.33. The summed E-state index contributed by atoms with van der Waals surface area (Å²) in [5, 5.41) is 3.04. The summed E-state index contributed by atoms with van der Waals surface area (Å²) in [5.74, 6) is -0.254. The molecule has 5 nitrogen and oxygen atoms in total. The summed E-state index contributed by atoms with van der Waals surface area (Å²) in [4.78, 5) is 16.4. The van der Waals surface area contributed by atoms with Crippen molar-refractivity contribution < 1.29 is 9.53 Å². The number of rotatable bonds is 5. The quantitative estimate of drug-likeness (QED) is 0.830. The molecule has 0 fully saturated rings. The average Bonchev–Trinajstić information content (AvgIpc) is 2.82.